The summed E-state index contributed by atoms with van der Waals surface area (Å²) in [6.07, 6.45) is 3.46. The molecule has 0 aromatic carbocycles. The van der Waals surface area contributed by atoms with Crippen LogP contribution in [0.2, 0.25) is 0 Å². The van der Waals surface area contributed by atoms with Gasteiger partial charge in [0.2, 0.25) is 10.0 Å². The molecule has 3 aliphatic heterocycles. The zero-order valence-electron chi connectivity index (χ0n) is 14.6. The van der Waals surface area contributed by atoms with Gasteiger partial charge in [-0.25, -0.2) is 13.1 Å². The van der Waals surface area contributed by atoms with Gasteiger partial charge in [0.05, 0.1) is 11.1 Å². The molecule has 0 amide bonds. The normalized spacial score (nSPS) is 29.2. The Morgan fingerprint density at radius 2 is 2.28 bits per heavy atom. The Bertz CT molecular complexity index is 844. The lowest BCUT2D eigenvalue weighted by Crippen LogP contribution is -2.56. The van der Waals surface area contributed by atoms with E-state index in [1.807, 2.05) is 11.7 Å². The van der Waals surface area contributed by atoms with E-state index in [1.54, 1.807) is 11.3 Å². The van der Waals surface area contributed by atoms with E-state index >= 15 is 0 Å². The molecule has 4 atom stereocenters. The summed E-state index contributed by atoms with van der Waals surface area (Å²) in [5.74, 6) is 1.08. The van der Waals surface area contributed by atoms with E-state index < -0.39 is 10.0 Å². The maximum absolute atomic E-state index is 11.4. The highest BCUT2D eigenvalue weighted by Crippen LogP contribution is 2.42. The number of rotatable bonds is 5. The van der Waals surface area contributed by atoms with Crippen molar-refractivity contribution < 1.29 is 8.42 Å². The molecule has 1 N–H and O–H groups in total. The van der Waals surface area contributed by atoms with Crippen molar-refractivity contribution in [3.63, 3.8) is 0 Å². The lowest BCUT2D eigenvalue weighted by atomic mass is 9.74. The second-order valence-corrected chi connectivity index (χ2v) is 10.00. The maximum Gasteiger partial charge on any atom is 0.208 e. The van der Waals surface area contributed by atoms with Crippen molar-refractivity contribution in [3.8, 4) is 10.6 Å². The number of sulfonamides is 1. The Kier molecular flexibility index (Phi) is 4.47. The fourth-order valence-electron chi connectivity index (χ4n) is 4.31. The lowest BCUT2D eigenvalue weighted by molar-refractivity contribution is 0.0306. The Morgan fingerprint density at radius 3 is 2.92 bits per heavy atom. The predicted octanol–water partition coefficient (Wildman–Crippen LogP) is 1.88. The van der Waals surface area contributed by atoms with Gasteiger partial charge in [-0.2, -0.15) is 5.10 Å². The number of aryl methyl sites for hydroxylation is 1. The van der Waals surface area contributed by atoms with E-state index in [2.05, 4.69) is 33.2 Å². The molecule has 3 fully saturated rings. The second-order valence-electron chi connectivity index (χ2n) is 7.22. The number of aromatic nitrogens is 2. The molecular formula is C17H24N4O2S2. The topological polar surface area (TPSA) is 67.2 Å². The fourth-order valence-corrected chi connectivity index (χ4v) is 5.48. The van der Waals surface area contributed by atoms with Gasteiger partial charge in [-0.05, 0) is 42.8 Å². The highest BCUT2D eigenvalue weighted by molar-refractivity contribution is 7.88. The van der Waals surface area contributed by atoms with Crippen LogP contribution in [-0.2, 0) is 17.1 Å². The monoisotopic (exact) mass is 380 g/mol. The molecule has 5 rings (SSSR count). The van der Waals surface area contributed by atoms with E-state index in [0.717, 1.165) is 25.2 Å². The molecule has 3 aliphatic rings. The van der Waals surface area contributed by atoms with Crippen molar-refractivity contribution in [3.05, 3.63) is 29.3 Å². The smallest absolute Gasteiger partial charge is 0.208 e. The van der Waals surface area contributed by atoms with Gasteiger partial charge in [0.25, 0.3) is 0 Å². The summed E-state index contributed by atoms with van der Waals surface area (Å²) in [4.78, 5) is 3.65. The van der Waals surface area contributed by atoms with Gasteiger partial charge >= 0.3 is 0 Å². The average Bonchev–Trinajstić information content (AvgIpc) is 3.22. The van der Waals surface area contributed by atoms with Gasteiger partial charge in [0.1, 0.15) is 5.69 Å². The number of fused-ring (bicyclic) bond motifs is 3. The number of nitrogens with zero attached hydrogens (tertiary/aromatic N) is 3. The molecule has 136 valence electrons. The van der Waals surface area contributed by atoms with Crippen molar-refractivity contribution in [1.82, 2.24) is 19.4 Å². The Balaban J connectivity index is 1.51. The van der Waals surface area contributed by atoms with E-state index in [0.29, 0.717) is 24.4 Å². The van der Waals surface area contributed by atoms with Crippen molar-refractivity contribution in [2.75, 3.05) is 25.9 Å². The fraction of sp³-hybridized carbons (Fsp3) is 0.588. The average molecular weight is 381 g/mol. The summed E-state index contributed by atoms with van der Waals surface area (Å²) < 4.78 is 27.5. The lowest BCUT2D eigenvalue weighted by Gasteiger charge is -2.49. The molecule has 1 unspecified atom stereocenters. The molecule has 0 spiro atoms. The van der Waals surface area contributed by atoms with Crippen LogP contribution in [0.25, 0.3) is 10.6 Å². The summed E-state index contributed by atoms with van der Waals surface area (Å²) in [6, 6.07) is 6.72. The number of hydrogen-bond donors (Lipinski definition) is 1. The Labute approximate surface area is 152 Å². The number of piperidine rings is 3. The number of nitrogens with one attached hydrogen (secondary N) is 1. The van der Waals surface area contributed by atoms with E-state index in [1.165, 1.54) is 23.2 Å². The summed E-state index contributed by atoms with van der Waals surface area (Å²) in [5.41, 5.74) is 2.35. The minimum absolute atomic E-state index is 0.315. The van der Waals surface area contributed by atoms with E-state index in [-0.39, 0.29) is 0 Å². The largest absolute Gasteiger partial charge is 0.298 e. The first-order chi connectivity index (χ1) is 11.9. The summed E-state index contributed by atoms with van der Waals surface area (Å²) in [6.45, 7) is 2.57. The first kappa shape index (κ1) is 17.2. The van der Waals surface area contributed by atoms with Crippen LogP contribution in [0, 0.1) is 5.92 Å². The van der Waals surface area contributed by atoms with Crippen LogP contribution in [0.5, 0.6) is 0 Å². The van der Waals surface area contributed by atoms with Crippen molar-refractivity contribution in [1.29, 1.82) is 0 Å². The highest BCUT2D eigenvalue weighted by Gasteiger charge is 2.41. The Hall–Kier alpha value is -1.22. The molecule has 2 aromatic rings. The molecule has 0 aliphatic carbocycles. The van der Waals surface area contributed by atoms with Crippen LogP contribution in [0.15, 0.2) is 23.6 Å². The first-order valence-electron chi connectivity index (χ1n) is 8.67. The van der Waals surface area contributed by atoms with Crippen LogP contribution in [0.3, 0.4) is 0 Å². The molecular weight excluding hydrogens is 356 g/mol. The highest BCUT2D eigenvalue weighted by atomic mass is 32.2. The van der Waals surface area contributed by atoms with Gasteiger partial charge in [-0.3, -0.25) is 9.58 Å². The minimum Gasteiger partial charge on any atom is -0.298 e. The van der Waals surface area contributed by atoms with Crippen molar-refractivity contribution in [2.24, 2.45) is 13.0 Å². The maximum atomic E-state index is 11.4. The molecule has 0 radical (unpaired) electrons. The standard InChI is InChI=1S/C17H24N4O2S2/c1-20-16(9-15(19-20)17-4-3-7-24-17)14-11-21-6-5-12(14)8-13(21)10-18-25(2,22)23/h3-4,7,9,12-14,18H,5-6,8,10-11H2,1-2H3/t12-,13+,14+/m0/s1. The molecule has 25 heavy (non-hydrogen) atoms. The summed E-state index contributed by atoms with van der Waals surface area (Å²) in [7, 11) is -1.09. The van der Waals surface area contributed by atoms with Gasteiger partial charge in [-0.15, -0.1) is 11.3 Å². The minimum atomic E-state index is -3.12. The van der Waals surface area contributed by atoms with E-state index in [9.17, 15) is 8.42 Å². The molecule has 3 saturated heterocycles. The van der Waals surface area contributed by atoms with E-state index in [4.69, 9.17) is 5.10 Å². The molecule has 5 heterocycles. The van der Waals surface area contributed by atoms with Crippen LogP contribution in [0.4, 0.5) is 0 Å². The molecule has 2 aromatic heterocycles. The number of hydrogen-bond acceptors (Lipinski definition) is 5. The third kappa shape index (κ3) is 3.53. The van der Waals surface area contributed by atoms with Crippen molar-refractivity contribution in [2.45, 2.75) is 24.8 Å². The van der Waals surface area contributed by atoms with Crippen molar-refractivity contribution >= 4 is 21.4 Å². The Morgan fingerprint density at radius 1 is 1.44 bits per heavy atom. The third-order valence-corrected chi connectivity index (χ3v) is 7.11. The second kappa shape index (κ2) is 6.50. The number of thiophene rings is 1. The van der Waals surface area contributed by atoms with Gasteiger partial charge in [-0.1, -0.05) is 6.07 Å². The summed E-state index contributed by atoms with van der Waals surface area (Å²) in [5, 5.41) is 6.80. The quantitative estimate of drug-likeness (QED) is 0.860. The molecule has 0 saturated carbocycles. The zero-order valence-corrected chi connectivity index (χ0v) is 16.2. The van der Waals surface area contributed by atoms with Gasteiger partial charge in [0.15, 0.2) is 0 Å². The van der Waals surface area contributed by atoms with Crippen LogP contribution >= 0.6 is 11.3 Å². The predicted molar refractivity (Wildman–Crippen MR) is 100 cm³/mol. The van der Waals surface area contributed by atoms with Crippen LogP contribution in [-0.4, -0.2) is 55.0 Å². The van der Waals surface area contributed by atoms with Gasteiger partial charge in [0, 0.05) is 37.8 Å². The van der Waals surface area contributed by atoms with Gasteiger partial charge < -0.3 is 0 Å². The van der Waals surface area contributed by atoms with Crippen LogP contribution in [0.1, 0.15) is 24.5 Å². The molecule has 6 nitrogen and oxygen atoms in total. The first-order valence-corrected chi connectivity index (χ1v) is 11.4. The summed E-state index contributed by atoms with van der Waals surface area (Å²) >= 11 is 1.72. The SMILES string of the molecule is Cn1nc(-c2cccs2)cc1[C@@H]1CN2CC[C@H]1C[C@@H]2CNS(C)(=O)=O. The zero-order chi connectivity index (χ0) is 17.6. The third-order valence-electron chi connectivity index (χ3n) is 5.53. The van der Waals surface area contributed by atoms with Crippen LogP contribution < -0.4 is 4.72 Å². The molecule has 2 bridgehead atoms. The molecule has 8 heteroatoms.